The van der Waals surface area contributed by atoms with Crippen LogP contribution in [-0.2, 0) is 19.1 Å². The zero-order chi connectivity index (χ0) is 16.4. The molecule has 118 valence electrons. The molecule has 0 unspecified atom stereocenters. The van der Waals surface area contributed by atoms with Crippen molar-refractivity contribution in [3.63, 3.8) is 0 Å². The van der Waals surface area contributed by atoms with Gasteiger partial charge in [-0.2, -0.15) is 0 Å². The first-order chi connectivity index (χ1) is 10.6. The number of methoxy groups -OCH3 is 1. The average molecular weight is 304 g/mol. The first-order valence-corrected chi connectivity index (χ1v) is 6.99. The molecule has 1 rings (SSSR count). The number of allylic oxidation sites excluding steroid dienone is 2. The number of carbonyl (C=O) groups is 2. The van der Waals surface area contributed by atoms with E-state index in [4.69, 9.17) is 14.2 Å². The van der Waals surface area contributed by atoms with E-state index in [1.54, 1.807) is 33.1 Å². The number of ether oxygens (including phenoxy) is 3. The van der Waals surface area contributed by atoms with E-state index in [1.165, 1.54) is 6.08 Å². The average Bonchev–Trinajstić information content (AvgIpc) is 2.52. The van der Waals surface area contributed by atoms with Crippen LogP contribution in [0.1, 0.15) is 19.4 Å². The smallest absolute Gasteiger partial charge is 0.345 e. The molecule has 0 atom stereocenters. The van der Waals surface area contributed by atoms with Gasteiger partial charge in [0.15, 0.2) is 0 Å². The summed E-state index contributed by atoms with van der Waals surface area (Å²) >= 11 is 0. The van der Waals surface area contributed by atoms with E-state index in [0.717, 1.165) is 11.3 Å². The predicted octanol–water partition coefficient (Wildman–Crippen LogP) is 2.76. The van der Waals surface area contributed by atoms with Crippen molar-refractivity contribution in [2.45, 2.75) is 13.8 Å². The second kappa shape index (κ2) is 9.39. The fourth-order valence-electron chi connectivity index (χ4n) is 1.61. The van der Waals surface area contributed by atoms with E-state index in [9.17, 15) is 9.59 Å². The van der Waals surface area contributed by atoms with Gasteiger partial charge in [0, 0.05) is 0 Å². The summed E-state index contributed by atoms with van der Waals surface area (Å²) in [5.41, 5.74) is 0.776. The van der Waals surface area contributed by atoms with Crippen LogP contribution in [0.5, 0.6) is 5.75 Å². The third kappa shape index (κ3) is 5.44. The zero-order valence-corrected chi connectivity index (χ0v) is 13.0. The van der Waals surface area contributed by atoms with Gasteiger partial charge in [-0.05, 0) is 37.6 Å². The Morgan fingerprint density at radius 1 is 1.00 bits per heavy atom. The number of carbonyl (C=O) groups excluding carboxylic acids is 2. The molecule has 22 heavy (non-hydrogen) atoms. The second-order valence-corrected chi connectivity index (χ2v) is 4.15. The molecule has 0 spiro atoms. The minimum atomic E-state index is -0.694. The molecule has 0 aliphatic heterocycles. The molecular formula is C17H20O5. The van der Waals surface area contributed by atoms with Crippen molar-refractivity contribution in [1.29, 1.82) is 0 Å². The van der Waals surface area contributed by atoms with Gasteiger partial charge in [-0.25, -0.2) is 9.59 Å². The first-order valence-electron chi connectivity index (χ1n) is 6.99. The third-order valence-corrected chi connectivity index (χ3v) is 2.66. The van der Waals surface area contributed by atoms with Gasteiger partial charge in [-0.1, -0.05) is 24.3 Å². The monoisotopic (exact) mass is 304 g/mol. The van der Waals surface area contributed by atoms with Gasteiger partial charge in [0.05, 0.1) is 20.3 Å². The Bertz CT molecular complexity index is 535. The maximum absolute atomic E-state index is 11.7. The van der Waals surface area contributed by atoms with Gasteiger partial charge in [0.2, 0.25) is 0 Å². The van der Waals surface area contributed by atoms with E-state index in [1.807, 2.05) is 24.3 Å². The number of hydrogen-bond acceptors (Lipinski definition) is 5. The van der Waals surface area contributed by atoms with Crippen LogP contribution in [0.15, 0.2) is 42.0 Å². The van der Waals surface area contributed by atoms with Crippen LogP contribution in [0, 0.1) is 0 Å². The summed E-state index contributed by atoms with van der Waals surface area (Å²) in [6.45, 7) is 3.73. The first kappa shape index (κ1) is 17.5. The summed E-state index contributed by atoms with van der Waals surface area (Å²) in [4.78, 5) is 23.5. The normalized spacial score (nSPS) is 10.1. The van der Waals surface area contributed by atoms with Gasteiger partial charge in [-0.15, -0.1) is 0 Å². The molecule has 5 nitrogen and oxygen atoms in total. The minimum absolute atomic E-state index is 0.131. The lowest BCUT2D eigenvalue weighted by Gasteiger charge is -2.05. The second-order valence-electron chi connectivity index (χ2n) is 4.15. The largest absolute Gasteiger partial charge is 0.497 e. The lowest BCUT2D eigenvalue weighted by Crippen LogP contribution is -2.18. The van der Waals surface area contributed by atoms with Crippen molar-refractivity contribution in [2.24, 2.45) is 0 Å². The lowest BCUT2D eigenvalue weighted by atomic mass is 10.2. The molecule has 1 aromatic rings. The Morgan fingerprint density at radius 2 is 1.55 bits per heavy atom. The molecule has 0 aliphatic rings. The van der Waals surface area contributed by atoms with Gasteiger partial charge in [0.1, 0.15) is 11.3 Å². The molecule has 0 fully saturated rings. The van der Waals surface area contributed by atoms with Crippen LogP contribution >= 0.6 is 0 Å². The number of rotatable bonds is 7. The predicted molar refractivity (Wildman–Crippen MR) is 83.4 cm³/mol. The molecule has 1 aromatic carbocycles. The molecule has 0 bridgehead atoms. The highest BCUT2D eigenvalue weighted by Crippen LogP contribution is 2.12. The summed E-state index contributed by atoms with van der Waals surface area (Å²) in [6.07, 6.45) is 4.75. The Kier molecular flexibility index (Phi) is 7.47. The maximum Gasteiger partial charge on any atom is 0.345 e. The van der Waals surface area contributed by atoms with Crippen molar-refractivity contribution >= 4 is 18.0 Å². The van der Waals surface area contributed by atoms with Crippen LogP contribution < -0.4 is 4.74 Å². The van der Waals surface area contributed by atoms with Crippen molar-refractivity contribution in [2.75, 3.05) is 20.3 Å². The maximum atomic E-state index is 11.7. The fraction of sp³-hybridized carbons (Fsp3) is 0.294. The molecule has 0 amide bonds. The Labute approximate surface area is 130 Å². The van der Waals surface area contributed by atoms with Gasteiger partial charge in [0.25, 0.3) is 0 Å². The number of hydrogen-bond donors (Lipinski definition) is 0. The Hall–Kier alpha value is -2.56. The highest BCUT2D eigenvalue weighted by atomic mass is 16.6. The van der Waals surface area contributed by atoms with Crippen LogP contribution in [0.3, 0.4) is 0 Å². The Balaban J connectivity index is 2.88. The quantitative estimate of drug-likeness (QED) is 0.255. The molecule has 0 N–H and O–H groups in total. The molecular weight excluding hydrogens is 284 g/mol. The van der Waals surface area contributed by atoms with Crippen molar-refractivity contribution in [3.05, 3.63) is 47.6 Å². The summed E-state index contributed by atoms with van der Waals surface area (Å²) in [6, 6.07) is 7.36. The third-order valence-electron chi connectivity index (χ3n) is 2.66. The van der Waals surface area contributed by atoms with Gasteiger partial charge < -0.3 is 14.2 Å². The Morgan fingerprint density at radius 3 is 2.00 bits per heavy atom. The molecule has 0 heterocycles. The summed E-state index contributed by atoms with van der Waals surface area (Å²) in [7, 11) is 1.60. The SMILES string of the molecule is CCOC(=O)C(=CC=Cc1ccc(OC)cc1)C(=O)OCC. The molecule has 0 saturated heterocycles. The summed E-state index contributed by atoms with van der Waals surface area (Å²) in [5.74, 6) is -0.632. The van der Waals surface area contributed by atoms with Gasteiger partial charge >= 0.3 is 11.9 Å². The molecule has 0 radical (unpaired) electrons. The highest BCUT2D eigenvalue weighted by molar-refractivity contribution is 6.14. The zero-order valence-electron chi connectivity index (χ0n) is 13.0. The van der Waals surface area contributed by atoms with E-state index >= 15 is 0 Å². The molecule has 0 saturated carbocycles. The van der Waals surface area contributed by atoms with Crippen molar-refractivity contribution < 1.29 is 23.8 Å². The van der Waals surface area contributed by atoms with E-state index < -0.39 is 11.9 Å². The minimum Gasteiger partial charge on any atom is -0.497 e. The summed E-state index contributed by atoms with van der Waals surface area (Å²) < 4.78 is 14.8. The van der Waals surface area contributed by atoms with Crippen LogP contribution in [-0.4, -0.2) is 32.3 Å². The van der Waals surface area contributed by atoms with Crippen LogP contribution in [0.4, 0.5) is 0 Å². The van der Waals surface area contributed by atoms with Crippen LogP contribution in [0.2, 0.25) is 0 Å². The van der Waals surface area contributed by atoms with E-state index in [-0.39, 0.29) is 18.8 Å². The van der Waals surface area contributed by atoms with E-state index in [2.05, 4.69) is 0 Å². The number of esters is 2. The van der Waals surface area contributed by atoms with E-state index in [0.29, 0.717) is 0 Å². The van der Waals surface area contributed by atoms with Crippen LogP contribution in [0.25, 0.3) is 6.08 Å². The highest BCUT2D eigenvalue weighted by Gasteiger charge is 2.19. The summed E-state index contributed by atoms with van der Waals surface area (Å²) in [5, 5.41) is 0. The molecule has 0 aromatic heterocycles. The topological polar surface area (TPSA) is 61.8 Å². The molecule has 5 heteroatoms. The molecule has 0 aliphatic carbocycles. The van der Waals surface area contributed by atoms with Gasteiger partial charge in [-0.3, -0.25) is 0 Å². The lowest BCUT2D eigenvalue weighted by molar-refractivity contribution is -0.146. The van der Waals surface area contributed by atoms with Crippen molar-refractivity contribution in [1.82, 2.24) is 0 Å². The standard InChI is InChI=1S/C17H20O5/c1-4-21-16(18)15(17(19)22-5-2)8-6-7-13-9-11-14(20-3)12-10-13/h6-12H,4-5H2,1-3H3. The van der Waals surface area contributed by atoms with Crippen molar-refractivity contribution in [3.8, 4) is 5.75 Å². The number of benzene rings is 1. The fourth-order valence-corrected chi connectivity index (χ4v) is 1.61.